The lowest BCUT2D eigenvalue weighted by Crippen LogP contribution is -2.29. The first kappa shape index (κ1) is 17.9. The van der Waals surface area contributed by atoms with Crippen LogP contribution in [0.1, 0.15) is 22.7 Å². The number of aryl methyl sites for hydroxylation is 2. The number of nitrogens with one attached hydrogen (secondary N) is 1. The number of carbonyl (C=O) groups is 1. The zero-order valence-electron chi connectivity index (χ0n) is 14.3. The number of anilines is 1. The second-order valence-corrected chi connectivity index (χ2v) is 7.27. The molecule has 0 saturated heterocycles. The van der Waals surface area contributed by atoms with Crippen molar-refractivity contribution in [3.05, 3.63) is 69.3 Å². The summed E-state index contributed by atoms with van der Waals surface area (Å²) in [4.78, 5) is 27.5. The molecule has 8 heteroatoms. The van der Waals surface area contributed by atoms with Crippen LogP contribution in [0.3, 0.4) is 0 Å². The molecule has 0 fully saturated rings. The van der Waals surface area contributed by atoms with Crippen molar-refractivity contribution in [2.24, 2.45) is 10.7 Å². The first-order valence-electron chi connectivity index (χ1n) is 7.97. The Hall–Kier alpha value is -2.87. The van der Waals surface area contributed by atoms with Gasteiger partial charge in [-0.15, -0.1) is 0 Å². The van der Waals surface area contributed by atoms with Crippen LogP contribution in [-0.2, 0) is 4.79 Å². The zero-order chi connectivity index (χ0) is 18.8. The fourth-order valence-corrected chi connectivity index (χ4v) is 3.77. The van der Waals surface area contributed by atoms with Gasteiger partial charge in [0.15, 0.2) is 5.17 Å². The average Bonchev–Trinajstić information content (AvgIpc) is 2.99. The molecule has 0 saturated carbocycles. The lowest BCUT2D eigenvalue weighted by Gasteiger charge is -2.18. The molecule has 1 heterocycles. The predicted molar refractivity (Wildman–Crippen MR) is 103 cm³/mol. The van der Waals surface area contributed by atoms with Crippen LogP contribution in [-0.4, -0.2) is 21.2 Å². The summed E-state index contributed by atoms with van der Waals surface area (Å²) in [6, 6.07) is 11.4. The molecule has 0 aliphatic carbocycles. The number of nitrogens with two attached hydrogens (primary N) is 1. The van der Waals surface area contributed by atoms with Gasteiger partial charge in [-0.25, -0.2) is 0 Å². The third-order valence-electron chi connectivity index (χ3n) is 4.14. The number of non-ortho nitro benzene ring substituents is 1. The molecule has 26 heavy (non-hydrogen) atoms. The number of nitro benzene ring substituents is 1. The van der Waals surface area contributed by atoms with Crippen LogP contribution in [0.5, 0.6) is 0 Å². The van der Waals surface area contributed by atoms with Gasteiger partial charge in [0.05, 0.1) is 11.0 Å². The minimum Gasteiger partial charge on any atom is -0.378 e. The molecule has 1 aliphatic heterocycles. The standard InChI is InChI=1S/C18H18N4O3S/c1-10-3-8-14(11(2)9-10)20-17(23)16-15(21-18(19)26-16)12-4-6-13(7-5-12)22(24)25/h3-9,15-16H,1-2H3,(H2,19,21)(H,20,23). The van der Waals surface area contributed by atoms with Gasteiger partial charge in [0.1, 0.15) is 5.25 Å². The van der Waals surface area contributed by atoms with Crippen LogP contribution in [0.4, 0.5) is 11.4 Å². The van der Waals surface area contributed by atoms with Crippen LogP contribution in [0, 0.1) is 24.0 Å². The summed E-state index contributed by atoms with van der Waals surface area (Å²) >= 11 is 1.20. The van der Waals surface area contributed by atoms with Crippen LogP contribution in [0.15, 0.2) is 47.5 Å². The molecule has 0 bridgehead atoms. The molecule has 3 N–H and O–H groups in total. The van der Waals surface area contributed by atoms with E-state index in [1.54, 1.807) is 12.1 Å². The van der Waals surface area contributed by atoms with Crippen LogP contribution in [0.2, 0.25) is 0 Å². The first-order chi connectivity index (χ1) is 12.3. The molecular weight excluding hydrogens is 352 g/mol. The van der Waals surface area contributed by atoms with E-state index < -0.39 is 16.2 Å². The van der Waals surface area contributed by atoms with Crippen molar-refractivity contribution in [3.63, 3.8) is 0 Å². The summed E-state index contributed by atoms with van der Waals surface area (Å²) in [5.41, 5.74) is 9.38. The maximum Gasteiger partial charge on any atom is 0.269 e. The Morgan fingerprint density at radius 2 is 1.92 bits per heavy atom. The van der Waals surface area contributed by atoms with Gasteiger partial charge in [-0.1, -0.05) is 29.5 Å². The fraction of sp³-hybridized carbons (Fsp3) is 0.222. The molecule has 0 aromatic heterocycles. The molecule has 0 spiro atoms. The number of benzene rings is 2. The predicted octanol–water partition coefficient (Wildman–Crippen LogP) is 3.32. The number of rotatable bonds is 4. The summed E-state index contributed by atoms with van der Waals surface area (Å²) in [6.45, 7) is 3.92. The highest BCUT2D eigenvalue weighted by atomic mass is 32.2. The summed E-state index contributed by atoms with van der Waals surface area (Å²) in [6.07, 6.45) is 0. The third kappa shape index (κ3) is 3.70. The number of aliphatic imine (C=N–C) groups is 1. The normalized spacial score (nSPS) is 19.1. The first-order valence-corrected chi connectivity index (χ1v) is 8.85. The second kappa shape index (κ2) is 7.17. The lowest BCUT2D eigenvalue weighted by molar-refractivity contribution is -0.384. The molecular formula is C18H18N4O3S. The van der Waals surface area contributed by atoms with Gasteiger partial charge in [0, 0.05) is 17.8 Å². The van der Waals surface area contributed by atoms with Gasteiger partial charge in [-0.3, -0.25) is 19.9 Å². The number of hydrogen-bond donors (Lipinski definition) is 2. The highest BCUT2D eigenvalue weighted by Crippen LogP contribution is 2.37. The smallest absolute Gasteiger partial charge is 0.269 e. The van der Waals surface area contributed by atoms with Gasteiger partial charge in [-0.2, -0.15) is 0 Å². The van der Waals surface area contributed by atoms with E-state index in [0.29, 0.717) is 10.7 Å². The Morgan fingerprint density at radius 1 is 1.23 bits per heavy atom. The maximum absolute atomic E-state index is 12.8. The van der Waals surface area contributed by atoms with Crippen LogP contribution in [0.25, 0.3) is 0 Å². The van der Waals surface area contributed by atoms with Crippen LogP contribution >= 0.6 is 11.8 Å². The van der Waals surface area contributed by atoms with E-state index in [1.807, 2.05) is 32.0 Å². The van der Waals surface area contributed by atoms with E-state index in [0.717, 1.165) is 16.8 Å². The molecule has 7 nitrogen and oxygen atoms in total. The fourth-order valence-electron chi connectivity index (χ4n) is 2.83. The number of carbonyl (C=O) groups excluding carboxylic acids is 1. The molecule has 3 rings (SSSR count). The molecule has 1 amide bonds. The molecule has 2 unspecified atom stereocenters. The Kier molecular flexibility index (Phi) is 4.94. The number of nitrogens with zero attached hydrogens (tertiary/aromatic N) is 2. The highest BCUT2D eigenvalue weighted by Gasteiger charge is 2.36. The average molecular weight is 370 g/mol. The highest BCUT2D eigenvalue weighted by molar-refractivity contribution is 8.15. The van der Waals surface area contributed by atoms with E-state index in [9.17, 15) is 14.9 Å². The zero-order valence-corrected chi connectivity index (χ0v) is 15.1. The maximum atomic E-state index is 12.8. The van der Waals surface area contributed by atoms with Gasteiger partial charge in [-0.05, 0) is 43.2 Å². The second-order valence-electron chi connectivity index (χ2n) is 6.11. The van der Waals surface area contributed by atoms with Gasteiger partial charge in [0.25, 0.3) is 5.69 Å². The van der Waals surface area contributed by atoms with Crippen molar-refractivity contribution in [2.75, 3.05) is 5.32 Å². The number of amidine groups is 1. The molecule has 2 aromatic carbocycles. The van der Waals surface area contributed by atoms with Crippen LogP contribution < -0.4 is 11.1 Å². The summed E-state index contributed by atoms with van der Waals surface area (Å²) in [5.74, 6) is -0.200. The third-order valence-corrected chi connectivity index (χ3v) is 5.22. The number of amides is 1. The minimum atomic E-state index is -0.530. The molecule has 0 radical (unpaired) electrons. The van der Waals surface area contributed by atoms with Crippen molar-refractivity contribution < 1.29 is 9.72 Å². The van der Waals surface area contributed by atoms with E-state index >= 15 is 0 Å². The van der Waals surface area contributed by atoms with Crippen molar-refractivity contribution >= 4 is 34.2 Å². The van der Waals surface area contributed by atoms with E-state index in [1.165, 1.54) is 23.9 Å². The van der Waals surface area contributed by atoms with Crippen molar-refractivity contribution in [3.8, 4) is 0 Å². The summed E-state index contributed by atoms with van der Waals surface area (Å²) < 4.78 is 0. The Balaban J connectivity index is 1.81. The molecule has 1 aliphatic rings. The monoisotopic (exact) mass is 370 g/mol. The summed E-state index contributed by atoms with van der Waals surface area (Å²) in [7, 11) is 0. The number of nitro groups is 1. The van der Waals surface area contributed by atoms with E-state index in [4.69, 9.17) is 5.73 Å². The minimum absolute atomic E-state index is 0.00682. The lowest BCUT2D eigenvalue weighted by atomic mass is 10.0. The molecule has 2 atom stereocenters. The molecule has 134 valence electrons. The van der Waals surface area contributed by atoms with Gasteiger partial charge in [0.2, 0.25) is 5.91 Å². The van der Waals surface area contributed by atoms with Gasteiger partial charge < -0.3 is 11.1 Å². The number of hydrogen-bond acceptors (Lipinski definition) is 6. The van der Waals surface area contributed by atoms with E-state index in [2.05, 4.69) is 10.3 Å². The van der Waals surface area contributed by atoms with Crippen molar-refractivity contribution in [1.29, 1.82) is 0 Å². The van der Waals surface area contributed by atoms with Crippen molar-refractivity contribution in [2.45, 2.75) is 25.1 Å². The topological polar surface area (TPSA) is 111 Å². The number of thioether (sulfide) groups is 1. The largest absolute Gasteiger partial charge is 0.378 e. The quantitative estimate of drug-likeness (QED) is 0.633. The Morgan fingerprint density at radius 3 is 2.54 bits per heavy atom. The Labute approximate surface area is 154 Å². The Bertz CT molecular complexity index is 896. The van der Waals surface area contributed by atoms with Gasteiger partial charge >= 0.3 is 0 Å². The summed E-state index contributed by atoms with van der Waals surface area (Å²) in [5, 5.41) is 13.5. The SMILES string of the molecule is Cc1ccc(NC(=O)C2SC(N)=NC2c2ccc([N+](=O)[O-])cc2)c(C)c1. The van der Waals surface area contributed by atoms with Crippen molar-refractivity contribution in [1.82, 2.24) is 0 Å². The molecule has 2 aromatic rings. The van der Waals surface area contributed by atoms with E-state index in [-0.39, 0.29) is 11.6 Å².